The molecule has 5 nitrogen and oxygen atoms in total. The molecule has 1 aliphatic heterocycles. The standard InChI is InChI=1S/C16H16ClNO4/c1-8-12(14(19)20)13(10-6-4-5-7-11(10)17)16(3,15(21)22)9(2)18-8/h4-7,13H,1-3H3,(H,19,20)(H,21,22). The molecular weight excluding hydrogens is 306 g/mol. The number of aliphatic imine (C=N–C) groups is 1. The zero-order chi connectivity index (χ0) is 16.7. The fourth-order valence-electron chi connectivity index (χ4n) is 2.87. The monoisotopic (exact) mass is 321 g/mol. The van der Waals surface area contributed by atoms with E-state index in [4.69, 9.17) is 11.6 Å². The second kappa shape index (κ2) is 5.57. The van der Waals surface area contributed by atoms with E-state index < -0.39 is 23.3 Å². The van der Waals surface area contributed by atoms with Crippen molar-refractivity contribution in [2.75, 3.05) is 0 Å². The highest BCUT2D eigenvalue weighted by Crippen LogP contribution is 2.48. The Bertz CT molecular complexity index is 723. The highest BCUT2D eigenvalue weighted by Gasteiger charge is 2.51. The molecule has 116 valence electrons. The molecule has 0 bridgehead atoms. The maximum Gasteiger partial charge on any atom is 0.334 e. The van der Waals surface area contributed by atoms with Gasteiger partial charge in [-0.25, -0.2) is 4.79 Å². The van der Waals surface area contributed by atoms with Crippen molar-refractivity contribution in [3.8, 4) is 0 Å². The van der Waals surface area contributed by atoms with Crippen LogP contribution in [0.2, 0.25) is 5.02 Å². The number of hydrogen-bond donors (Lipinski definition) is 2. The van der Waals surface area contributed by atoms with Gasteiger partial charge in [-0.15, -0.1) is 0 Å². The van der Waals surface area contributed by atoms with Crippen LogP contribution in [0.3, 0.4) is 0 Å². The van der Waals surface area contributed by atoms with Gasteiger partial charge in [-0.2, -0.15) is 0 Å². The Morgan fingerprint density at radius 3 is 2.32 bits per heavy atom. The molecule has 0 amide bonds. The predicted molar refractivity (Wildman–Crippen MR) is 83.4 cm³/mol. The van der Waals surface area contributed by atoms with Gasteiger partial charge < -0.3 is 10.2 Å². The number of rotatable bonds is 3. The summed E-state index contributed by atoms with van der Waals surface area (Å²) >= 11 is 6.21. The lowest BCUT2D eigenvalue weighted by Gasteiger charge is -2.38. The molecule has 1 aliphatic rings. The summed E-state index contributed by atoms with van der Waals surface area (Å²) in [6.45, 7) is 4.65. The van der Waals surface area contributed by atoms with E-state index >= 15 is 0 Å². The summed E-state index contributed by atoms with van der Waals surface area (Å²) in [6.07, 6.45) is 0. The molecule has 0 aromatic heterocycles. The Kier molecular flexibility index (Phi) is 4.11. The smallest absolute Gasteiger partial charge is 0.334 e. The lowest BCUT2D eigenvalue weighted by atomic mass is 9.65. The van der Waals surface area contributed by atoms with Crippen LogP contribution < -0.4 is 0 Å². The van der Waals surface area contributed by atoms with Gasteiger partial charge >= 0.3 is 11.9 Å². The molecule has 0 saturated carbocycles. The van der Waals surface area contributed by atoms with Crippen LogP contribution in [0.4, 0.5) is 0 Å². The zero-order valence-corrected chi connectivity index (χ0v) is 13.2. The summed E-state index contributed by atoms with van der Waals surface area (Å²) < 4.78 is 0. The first kappa shape index (κ1) is 16.2. The lowest BCUT2D eigenvalue weighted by molar-refractivity contribution is -0.145. The van der Waals surface area contributed by atoms with E-state index in [0.717, 1.165) is 0 Å². The van der Waals surface area contributed by atoms with E-state index in [-0.39, 0.29) is 5.57 Å². The fraction of sp³-hybridized carbons (Fsp3) is 0.312. The topological polar surface area (TPSA) is 87.0 Å². The highest BCUT2D eigenvalue weighted by atomic mass is 35.5. The maximum absolute atomic E-state index is 11.9. The van der Waals surface area contributed by atoms with E-state index in [1.165, 1.54) is 6.92 Å². The van der Waals surface area contributed by atoms with Crippen LogP contribution >= 0.6 is 11.6 Å². The van der Waals surface area contributed by atoms with Crippen LogP contribution in [0.25, 0.3) is 0 Å². The van der Waals surface area contributed by atoms with Crippen LogP contribution in [0.1, 0.15) is 32.3 Å². The van der Waals surface area contributed by atoms with Gasteiger partial charge in [0.1, 0.15) is 5.41 Å². The van der Waals surface area contributed by atoms with Crippen LogP contribution in [-0.2, 0) is 9.59 Å². The molecular formula is C16H16ClNO4. The number of hydrogen-bond acceptors (Lipinski definition) is 3. The van der Waals surface area contributed by atoms with Gasteiger partial charge in [0.15, 0.2) is 0 Å². The average Bonchev–Trinajstić information content (AvgIpc) is 2.42. The minimum atomic E-state index is -1.47. The molecule has 0 radical (unpaired) electrons. The molecule has 6 heteroatoms. The van der Waals surface area contributed by atoms with Gasteiger partial charge in [0.25, 0.3) is 0 Å². The summed E-state index contributed by atoms with van der Waals surface area (Å²) in [5.41, 5.74) is -0.386. The quantitative estimate of drug-likeness (QED) is 0.893. The van der Waals surface area contributed by atoms with Crippen LogP contribution in [0, 0.1) is 5.41 Å². The van der Waals surface area contributed by atoms with Crippen LogP contribution in [-0.4, -0.2) is 27.9 Å². The Balaban J connectivity index is 2.83. The fourth-order valence-corrected chi connectivity index (χ4v) is 3.11. The molecule has 2 N–H and O–H groups in total. The summed E-state index contributed by atoms with van der Waals surface area (Å²) in [6, 6.07) is 6.70. The number of aliphatic carboxylic acids is 2. The Morgan fingerprint density at radius 1 is 1.23 bits per heavy atom. The number of halogens is 1. The third kappa shape index (κ3) is 2.31. The first-order valence-electron chi connectivity index (χ1n) is 6.69. The molecule has 0 saturated heterocycles. The molecule has 1 aromatic rings. The normalized spacial score (nSPS) is 24.9. The number of carbonyl (C=O) groups is 2. The Morgan fingerprint density at radius 2 is 1.82 bits per heavy atom. The molecule has 2 rings (SSSR count). The first-order chi connectivity index (χ1) is 10.2. The third-order valence-corrected chi connectivity index (χ3v) is 4.58. The summed E-state index contributed by atoms with van der Waals surface area (Å²) in [5, 5.41) is 19.6. The minimum absolute atomic E-state index is 0.0383. The van der Waals surface area contributed by atoms with Gasteiger partial charge in [0.2, 0.25) is 0 Å². The van der Waals surface area contributed by atoms with E-state index in [2.05, 4.69) is 4.99 Å². The SMILES string of the molecule is CC1=NC(C)=C(C(=O)O)C(c2ccccc2Cl)C1(C)C(=O)O. The van der Waals surface area contributed by atoms with Crippen molar-refractivity contribution >= 4 is 29.3 Å². The van der Waals surface area contributed by atoms with Crippen molar-refractivity contribution in [1.29, 1.82) is 0 Å². The van der Waals surface area contributed by atoms with Gasteiger partial charge in [-0.05, 0) is 32.4 Å². The number of allylic oxidation sites excluding steroid dienone is 1. The van der Waals surface area contributed by atoms with Crippen molar-refractivity contribution in [2.45, 2.75) is 26.7 Å². The second-order valence-electron chi connectivity index (χ2n) is 5.46. The predicted octanol–water partition coefficient (Wildman–Crippen LogP) is 3.35. The van der Waals surface area contributed by atoms with E-state index in [9.17, 15) is 19.8 Å². The third-order valence-electron chi connectivity index (χ3n) is 4.23. The lowest BCUT2D eigenvalue weighted by Crippen LogP contribution is -2.45. The number of benzene rings is 1. The van der Waals surface area contributed by atoms with Crippen molar-refractivity contribution in [1.82, 2.24) is 0 Å². The molecule has 1 aromatic carbocycles. The molecule has 22 heavy (non-hydrogen) atoms. The molecule has 0 spiro atoms. The largest absolute Gasteiger partial charge is 0.481 e. The molecule has 2 atom stereocenters. The second-order valence-corrected chi connectivity index (χ2v) is 5.87. The number of carboxylic acid groups (broad SMARTS) is 2. The average molecular weight is 322 g/mol. The minimum Gasteiger partial charge on any atom is -0.481 e. The van der Waals surface area contributed by atoms with Crippen molar-refractivity contribution in [2.24, 2.45) is 10.4 Å². The summed E-state index contributed by atoms with van der Waals surface area (Å²) in [5.74, 6) is -3.23. The van der Waals surface area contributed by atoms with Crippen LogP contribution in [0.15, 0.2) is 40.5 Å². The highest BCUT2D eigenvalue weighted by molar-refractivity contribution is 6.31. The summed E-state index contributed by atoms with van der Waals surface area (Å²) in [4.78, 5) is 27.8. The molecule has 0 aliphatic carbocycles. The maximum atomic E-state index is 11.9. The Labute approximate surface area is 132 Å². The van der Waals surface area contributed by atoms with E-state index in [1.54, 1.807) is 38.1 Å². The van der Waals surface area contributed by atoms with Gasteiger partial charge in [-0.3, -0.25) is 9.79 Å². The van der Waals surface area contributed by atoms with Crippen molar-refractivity contribution in [3.63, 3.8) is 0 Å². The first-order valence-corrected chi connectivity index (χ1v) is 7.06. The van der Waals surface area contributed by atoms with Crippen molar-refractivity contribution in [3.05, 3.63) is 46.1 Å². The molecule has 1 heterocycles. The molecule has 0 fully saturated rings. The van der Waals surface area contributed by atoms with E-state index in [0.29, 0.717) is 22.0 Å². The summed E-state index contributed by atoms with van der Waals surface area (Å²) in [7, 11) is 0. The van der Waals surface area contributed by atoms with E-state index in [1.807, 2.05) is 0 Å². The van der Waals surface area contributed by atoms with Crippen molar-refractivity contribution < 1.29 is 19.8 Å². The van der Waals surface area contributed by atoms with Gasteiger partial charge in [0.05, 0.1) is 5.57 Å². The van der Waals surface area contributed by atoms with Gasteiger partial charge in [0, 0.05) is 22.3 Å². The van der Waals surface area contributed by atoms with Crippen LogP contribution in [0.5, 0.6) is 0 Å². The zero-order valence-electron chi connectivity index (χ0n) is 12.4. The molecule has 2 unspecified atom stereocenters. The number of carboxylic acids is 2. The Hall–Kier alpha value is -2.14. The number of nitrogens with zero attached hydrogens (tertiary/aromatic N) is 1. The van der Waals surface area contributed by atoms with Gasteiger partial charge in [-0.1, -0.05) is 29.8 Å².